The standard InChI is InChI=1S/C23H22NO4PS.2Na/c1-15-9-8-10-16(2)22(15)30-23(28-29(25,26)27)21-17-11-4-6-13-19(17)24(3)20-14-7-5-12-18(20)21;;/h4-14H,1-3H3,(H2,25,26,27);;/q;2*+1/p-2. The molecular formula is C23H20NNa2O4PS. The van der Waals surface area contributed by atoms with Crippen molar-refractivity contribution in [3.05, 3.63) is 94.1 Å². The van der Waals surface area contributed by atoms with Crippen LogP contribution in [0.2, 0.25) is 0 Å². The van der Waals surface area contributed by atoms with E-state index in [0.717, 1.165) is 38.5 Å². The molecule has 0 fully saturated rings. The molecule has 32 heavy (non-hydrogen) atoms. The Morgan fingerprint density at radius 2 is 1.31 bits per heavy atom. The molecule has 1 aliphatic rings. The number of nitrogens with zero attached hydrogens (tertiary/aromatic N) is 1. The predicted molar refractivity (Wildman–Crippen MR) is 117 cm³/mol. The Morgan fingerprint density at radius 3 is 1.78 bits per heavy atom. The first-order valence-electron chi connectivity index (χ1n) is 9.39. The van der Waals surface area contributed by atoms with Gasteiger partial charge < -0.3 is 23.8 Å². The third-order valence-electron chi connectivity index (χ3n) is 5.07. The average molecular weight is 483 g/mol. The van der Waals surface area contributed by atoms with Gasteiger partial charge in [-0.15, -0.1) is 0 Å². The summed E-state index contributed by atoms with van der Waals surface area (Å²) in [5.74, 6) is 0. The van der Waals surface area contributed by atoms with Crippen molar-refractivity contribution >= 4 is 36.5 Å². The molecule has 1 aliphatic heterocycles. The summed E-state index contributed by atoms with van der Waals surface area (Å²) >= 11 is 1.17. The Morgan fingerprint density at radius 1 is 0.844 bits per heavy atom. The molecule has 0 aromatic heterocycles. The SMILES string of the molecule is Cc1cccc(C)c1SC(OP(=O)([O-])[O-])=C1c2ccccc2N(C)c2ccccc21.[Na+].[Na+]. The van der Waals surface area contributed by atoms with Gasteiger partial charge in [-0.1, -0.05) is 66.4 Å². The second-order valence-corrected chi connectivity index (χ2v) is 9.18. The average Bonchev–Trinajstić information content (AvgIpc) is 2.70. The molecule has 1 heterocycles. The molecule has 3 aromatic carbocycles. The van der Waals surface area contributed by atoms with Crippen LogP contribution in [0.5, 0.6) is 0 Å². The molecule has 0 amide bonds. The van der Waals surface area contributed by atoms with E-state index in [1.807, 2.05) is 92.5 Å². The van der Waals surface area contributed by atoms with Gasteiger partial charge in [-0.05, 0) is 37.1 Å². The van der Waals surface area contributed by atoms with Crippen LogP contribution in [0.15, 0.2) is 76.7 Å². The van der Waals surface area contributed by atoms with E-state index in [4.69, 9.17) is 4.52 Å². The molecule has 3 aromatic rings. The van der Waals surface area contributed by atoms with Crippen molar-refractivity contribution < 1.29 is 78.0 Å². The molecule has 0 radical (unpaired) electrons. The molecule has 4 rings (SSSR count). The summed E-state index contributed by atoms with van der Waals surface area (Å²) in [5, 5.41) is 0.0636. The molecule has 0 bridgehead atoms. The number of rotatable bonds is 4. The van der Waals surface area contributed by atoms with Gasteiger partial charge in [-0.2, -0.15) is 0 Å². The van der Waals surface area contributed by atoms with Gasteiger partial charge >= 0.3 is 59.1 Å². The normalized spacial score (nSPS) is 12.2. The third kappa shape index (κ3) is 5.76. The molecule has 0 N–H and O–H groups in total. The van der Waals surface area contributed by atoms with Gasteiger partial charge in [0.1, 0.15) is 7.82 Å². The second kappa shape index (κ2) is 11.3. The largest absolute Gasteiger partial charge is 1.00 e. The zero-order chi connectivity index (χ0) is 21.5. The maximum absolute atomic E-state index is 11.7. The van der Waals surface area contributed by atoms with Crippen molar-refractivity contribution in [3.63, 3.8) is 0 Å². The van der Waals surface area contributed by atoms with Crippen LogP contribution in [-0.2, 0) is 9.09 Å². The van der Waals surface area contributed by atoms with Gasteiger partial charge in [0.2, 0.25) is 0 Å². The van der Waals surface area contributed by atoms with Crippen molar-refractivity contribution in [3.8, 4) is 0 Å². The fourth-order valence-electron chi connectivity index (χ4n) is 3.72. The molecule has 9 heteroatoms. The van der Waals surface area contributed by atoms with E-state index in [0.29, 0.717) is 5.57 Å². The van der Waals surface area contributed by atoms with Crippen LogP contribution < -0.4 is 73.8 Å². The van der Waals surface area contributed by atoms with Crippen molar-refractivity contribution in [1.29, 1.82) is 0 Å². The third-order valence-corrected chi connectivity index (χ3v) is 6.92. The maximum atomic E-state index is 11.7. The Bertz CT molecular complexity index is 1140. The monoisotopic (exact) mass is 483 g/mol. The topological polar surface area (TPSA) is 75.7 Å². The fourth-order valence-corrected chi connectivity index (χ4v) is 5.40. The van der Waals surface area contributed by atoms with E-state index in [1.54, 1.807) is 0 Å². The molecule has 0 unspecified atom stereocenters. The Balaban J connectivity index is 0.00000181. The summed E-state index contributed by atoms with van der Waals surface area (Å²) in [4.78, 5) is 26.4. The molecule has 0 saturated heterocycles. The van der Waals surface area contributed by atoms with Gasteiger partial charge in [0, 0.05) is 40.0 Å². The van der Waals surface area contributed by atoms with Crippen molar-refractivity contribution in [2.24, 2.45) is 0 Å². The first-order chi connectivity index (χ1) is 14.3. The summed E-state index contributed by atoms with van der Waals surface area (Å²) in [7, 11) is -3.33. The number of phosphoric acid groups is 1. The Kier molecular flexibility index (Phi) is 9.78. The molecule has 5 nitrogen and oxygen atoms in total. The Labute approximate surface area is 237 Å². The van der Waals surface area contributed by atoms with Gasteiger partial charge in [0.25, 0.3) is 0 Å². The summed E-state index contributed by atoms with van der Waals surface area (Å²) in [6.07, 6.45) is 0. The van der Waals surface area contributed by atoms with E-state index in [-0.39, 0.29) is 64.2 Å². The number of hydrogen-bond donors (Lipinski definition) is 0. The molecule has 0 atom stereocenters. The molecule has 0 spiro atoms. The second-order valence-electron chi connectivity index (χ2n) is 7.12. The number of aryl methyl sites for hydroxylation is 2. The van der Waals surface area contributed by atoms with E-state index < -0.39 is 7.82 Å². The fraction of sp³-hybridized carbons (Fsp3) is 0.130. The zero-order valence-corrected chi connectivity index (χ0v) is 24.5. The quantitative estimate of drug-likeness (QED) is 0.200. The first kappa shape index (κ1) is 27.7. The van der Waals surface area contributed by atoms with Crippen LogP contribution >= 0.6 is 19.6 Å². The minimum atomic E-state index is -5.29. The van der Waals surface area contributed by atoms with Crippen molar-refractivity contribution in [1.82, 2.24) is 0 Å². The molecule has 0 aliphatic carbocycles. The summed E-state index contributed by atoms with van der Waals surface area (Å²) < 4.78 is 16.8. The number of fused-ring (bicyclic) bond motifs is 2. The minimum absolute atomic E-state index is 0. The van der Waals surface area contributed by atoms with Crippen molar-refractivity contribution in [2.75, 3.05) is 11.9 Å². The summed E-state index contributed by atoms with van der Waals surface area (Å²) in [6.45, 7) is 3.89. The van der Waals surface area contributed by atoms with Gasteiger partial charge in [-0.3, -0.25) is 0 Å². The van der Waals surface area contributed by atoms with Gasteiger partial charge in [0.15, 0.2) is 5.09 Å². The van der Waals surface area contributed by atoms with Crippen LogP contribution in [0.1, 0.15) is 22.3 Å². The number of phosphoric ester groups is 1. The number of hydrogen-bond acceptors (Lipinski definition) is 6. The first-order valence-corrected chi connectivity index (χ1v) is 11.7. The summed E-state index contributed by atoms with van der Waals surface area (Å²) in [5.41, 5.74) is 5.97. The minimum Gasteiger partial charge on any atom is -0.780 e. The number of thioether (sulfide) groups is 1. The molecular weight excluding hydrogens is 463 g/mol. The van der Waals surface area contributed by atoms with E-state index in [1.165, 1.54) is 11.8 Å². The zero-order valence-electron chi connectivity index (χ0n) is 18.8. The number of anilines is 2. The van der Waals surface area contributed by atoms with E-state index in [2.05, 4.69) is 0 Å². The molecule has 0 saturated carbocycles. The van der Waals surface area contributed by atoms with Crippen LogP contribution in [0, 0.1) is 13.8 Å². The van der Waals surface area contributed by atoms with E-state index >= 15 is 0 Å². The van der Waals surface area contributed by atoms with Crippen LogP contribution in [0.4, 0.5) is 11.4 Å². The molecule has 154 valence electrons. The summed E-state index contributed by atoms with van der Waals surface area (Å²) in [6, 6.07) is 21.2. The smallest absolute Gasteiger partial charge is 0.780 e. The van der Waals surface area contributed by atoms with Crippen LogP contribution in [-0.4, -0.2) is 7.05 Å². The maximum Gasteiger partial charge on any atom is 1.00 e. The van der Waals surface area contributed by atoms with Crippen LogP contribution in [0.25, 0.3) is 5.57 Å². The predicted octanol–water partition coefficient (Wildman–Crippen LogP) is -1.25. The van der Waals surface area contributed by atoms with E-state index in [9.17, 15) is 14.4 Å². The number of benzene rings is 3. The number of para-hydroxylation sites is 2. The van der Waals surface area contributed by atoms with Gasteiger partial charge in [0.05, 0.1) is 0 Å². The van der Waals surface area contributed by atoms with Crippen LogP contribution in [0.3, 0.4) is 0 Å². The van der Waals surface area contributed by atoms with Crippen molar-refractivity contribution in [2.45, 2.75) is 18.7 Å². The van der Waals surface area contributed by atoms with Gasteiger partial charge in [-0.25, -0.2) is 0 Å². The Hall–Kier alpha value is -0.500.